The highest BCUT2D eigenvalue weighted by atomic mass is 24.3. The summed E-state index contributed by atoms with van der Waals surface area (Å²) in [5, 5.41) is 8.51. The number of carboxylic acids is 1. The summed E-state index contributed by atoms with van der Waals surface area (Å²) in [6, 6.07) is 0. The highest BCUT2D eigenvalue weighted by molar-refractivity contribution is 5.75. The summed E-state index contributed by atoms with van der Waals surface area (Å²) in [7, 11) is 0. The Morgan fingerprint density at radius 1 is 0.762 bits per heavy atom. The maximum atomic E-state index is 10.3. The molecule has 0 fully saturated rings. The molecule has 0 spiro atoms. The summed E-state index contributed by atoms with van der Waals surface area (Å²) in [6.45, 7) is 2.26. The molecule has 1 N–H and O–H groups in total. The zero-order valence-electron chi connectivity index (χ0n) is 13.4. The van der Waals surface area contributed by atoms with Gasteiger partial charge in [-0.05, 0) is 32.1 Å². The Balaban J connectivity index is 0. The van der Waals surface area contributed by atoms with Gasteiger partial charge in [-0.25, -0.2) is 0 Å². The second-order valence-corrected chi connectivity index (χ2v) is 5.73. The van der Waals surface area contributed by atoms with E-state index in [0.29, 0.717) is 6.42 Å². The molecule has 0 amide bonds. The van der Waals surface area contributed by atoms with E-state index in [4.69, 9.17) is 5.11 Å². The lowest BCUT2D eigenvalue weighted by atomic mass is 10.1. The summed E-state index contributed by atoms with van der Waals surface area (Å²) < 4.78 is 0. The van der Waals surface area contributed by atoms with Gasteiger partial charge in [0, 0.05) is 6.42 Å². The molecule has 0 atom stereocenters. The maximum Gasteiger partial charge on any atom is 0.316 e. The molecule has 0 aromatic carbocycles. The molecular formula is C18H36MgO2. The minimum absolute atomic E-state index is 0. The predicted molar refractivity (Wildman–Crippen MR) is 95.6 cm³/mol. The molecule has 2 nitrogen and oxygen atoms in total. The van der Waals surface area contributed by atoms with E-state index in [2.05, 4.69) is 19.1 Å². The average Bonchev–Trinajstić information content (AvgIpc) is 2.43. The normalized spacial score (nSPS) is 10.7. The van der Waals surface area contributed by atoms with Gasteiger partial charge in [-0.1, -0.05) is 70.4 Å². The molecular weight excluding hydrogens is 273 g/mol. The highest BCUT2D eigenvalue weighted by Gasteiger charge is 1.95. The van der Waals surface area contributed by atoms with Crippen LogP contribution in [-0.2, 0) is 4.79 Å². The molecule has 0 rings (SSSR count). The SMILES string of the molecule is CCCCCCCC/C=C/CCCCCCCC(=O)O.[MgH2]. The molecule has 21 heavy (non-hydrogen) atoms. The topological polar surface area (TPSA) is 37.3 Å². The Labute approximate surface area is 147 Å². The van der Waals surface area contributed by atoms with E-state index in [-0.39, 0.29) is 23.1 Å². The Hall–Kier alpha value is -0.0238. The molecule has 0 aliphatic heterocycles. The summed E-state index contributed by atoms with van der Waals surface area (Å²) >= 11 is 0. The van der Waals surface area contributed by atoms with E-state index in [1.54, 1.807) is 0 Å². The summed E-state index contributed by atoms with van der Waals surface area (Å²) in [5.74, 6) is -0.664. The first-order chi connectivity index (χ1) is 9.77. The fourth-order valence-corrected chi connectivity index (χ4v) is 2.35. The summed E-state index contributed by atoms with van der Waals surface area (Å²) in [5.41, 5.74) is 0. The fourth-order valence-electron chi connectivity index (χ4n) is 2.35. The number of aliphatic carboxylic acids is 1. The van der Waals surface area contributed by atoms with Crippen molar-refractivity contribution in [1.29, 1.82) is 0 Å². The standard InChI is InChI=1S/C18H34O2.Mg.2H/c1-2-3-4-5-6-7-8-9-10-11-12-13-14-15-16-17-18(19)20;;;/h9-10H,2-8,11-17H2,1H3,(H,19,20);;;/b10-9+;;;. The summed E-state index contributed by atoms with van der Waals surface area (Å²) in [4.78, 5) is 10.3. The van der Waals surface area contributed by atoms with Gasteiger partial charge in [0.25, 0.3) is 0 Å². The molecule has 122 valence electrons. The van der Waals surface area contributed by atoms with Crippen molar-refractivity contribution in [3.8, 4) is 0 Å². The van der Waals surface area contributed by atoms with Crippen LogP contribution in [0, 0.1) is 0 Å². The zero-order valence-corrected chi connectivity index (χ0v) is 13.4. The highest BCUT2D eigenvalue weighted by Crippen LogP contribution is 2.09. The second-order valence-electron chi connectivity index (χ2n) is 5.73. The molecule has 0 aromatic heterocycles. The molecule has 0 heterocycles. The van der Waals surface area contributed by atoms with Crippen LogP contribution in [0.15, 0.2) is 12.2 Å². The van der Waals surface area contributed by atoms with E-state index in [9.17, 15) is 4.79 Å². The fraction of sp³-hybridized carbons (Fsp3) is 0.833. The van der Waals surface area contributed by atoms with Crippen LogP contribution >= 0.6 is 0 Å². The molecule has 0 saturated carbocycles. The van der Waals surface area contributed by atoms with Crippen molar-refractivity contribution < 1.29 is 9.90 Å². The van der Waals surface area contributed by atoms with Crippen molar-refractivity contribution in [2.75, 3.05) is 0 Å². The van der Waals surface area contributed by atoms with Crippen LogP contribution in [0.5, 0.6) is 0 Å². The first kappa shape index (κ1) is 23.2. The van der Waals surface area contributed by atoms with Gasteiger partial charge in [-0.3, -0.25) is 4.79 Å². The van der Waals surface area contributed by atoms with Crippen molar-refractivity contribution in [2.24, 2.45) is 0 Å². The number of hydrogen-bond donors (Lipinski definition) is 1. The van der Waals surface area contributed by atoms with Gasteiger partial charge >= 0.3 is 29.0 Å². The van der Waals surface area contributed by atoms with E-state index in [0.717, 1.165) is 12.8 Å². The van der Waals surface area contributed by atoms with Crippen LogP contribution in [0.4, 0.5) is 0 Å². The van der Waals surface area contributed by atoms with Crippen LogP contribution < -0.4 is 0 Å². The first-order valence-electron chi connectivity index (χ1n) is 8.64. The van der Waals surface area contributed by atoms with Crippen molar-refractivity contribution in [3.05, 3.63) is 12.2 Å². The van der Waals surface area contributed by atoms with Gasteiger partial charge in [-0.15, -0.1) is 0 Å². The number of carbonyl (C=O) groups is 1. The van der Waals surface area contributed by atoms with Gasteiger partial charge in [0.2, 0.25) is 0 Å². The Morgan fingerprint density at radius 3 is 1.67 bits per heavy atom. The quantitative estimate of drug-likeness (QED) is 0.257. The van der Waals surface area contributed by atoms with Crippen molar-refractivity contribution in [3.63, 3.8) is 0 Å². The zero-order chi connectivity index (χ0) is 14.9. The summed E-state index contributed by atoms with van der Waals surface area (Å²) in [6.07, 6.45) is 21.2. The van der Waals surface area contributed by atoms with Gasteiger partial charge in [0.15, 0.2) is 0 Å². The number of carboxylic acid groups (broad SMARTS) is 1. The van der Waals surface area contributed by atoms with E-state index >= 15 is 0 Å². The van der Waals surface area contributed by atoms with Gasteiger partial charge < -0.3 is 5.11 Å². The van der Waals surface area contributed by atoms with E-state index in [1.807, 2.05) is 0 Å². The minimum atomic E-state index is -0.664. The maximum absolute atomic E-state index is 10.3. The van der Waals surface area contributed by atoms with Crippen LogP contribution in [-0.4, -0.2) is 34.1 Å². The number of unbranched alkanes of at least 4 members (excludes halogenated alkanes) is 11. The molecule has 0 aromatic rings. The minimum Gasteiger partial charge on any atom is -0.481 e. The lowest BCUT2D eigenvalue weighted by Gasteiger charge is -1.99. The smallest absolute Gasteiger partial charge is 0.316 e. The van der Waals surface area contributed by atoms with Crippen LogP contribution in [0.1, 0.15) is 96.8 Å². The van der Waals surface area contributed by atoms with Crippen molar-refractivity contribution >= 4 is 29.0 Å². The second kappa shape index (κ2) is 20.0. The number of hydrogen-bond acceptors (Lipinski definition) is 1. The average molecular weight is 309 g/mol. The third-order valence-corrected chi connectivity index (χ3v) is 3.65. The molecule has 0 saturated heterocycles. The molecule has 0 unspecified atom stereocenters. The Morgan fingerprint density at radius 2 is 1.19 bits per heavy atom. The third-order valence-electron chi connectivity index (χ3n) is 3.65. The predicted octanol–water partition coefficient (Wildman–Crippen LogP) is 5.19. The Bertz CT molecular complexity index is 239. The van der Waals surface area contributed by atoms with Gasteiger partial charge in [-0.2, -0.15) is 0 Å². The largest absolute Gasteiger partial charge is 0.481 e. The first-order valence-corrected chi connectivity index (χ1v) is 8.64. The van der Waals surface area contributed by atoms with Gasteiger partial charge in [0.05, 0.1) is 0 Å². The number of rotatable bonds is 15. The van der Waals surface area contributed by atoms with Crippen LogP contribution in [0.2, 0.25) is 0 Å². The molecule has 0 aliphatic carbocycles. The third kappa shape index (κ3) is 22.4. The monoisotopic (exact) mass is 308 g/mol. The van der Waals surface area contributed by atoms with Crippen LogP contribution in [0.25, 0.3) is 0 Å². The lowest BCUT2D eigenvalue weighted by Crippen LogP contribution is -1.93. The molecule has 0 radical (unpaired) electrons. The van der Waals surface area contributed by atoms with Crippen LogP contribution in [0.3, 0.4) is 0 Å². The number of allylic oxidation sites excluding steroid dienone is 2. The van der Waals surface area contributed by atoms with Gasteiger partial charge in [0.1, 0.15) is 0 Å². The lowest BCUT2D eigenvalue weighted by molar-refractivity contribution is -0.137. The molecule has 3 heteroatoms. The molecule has 0 bridgehead atoms. The van der Waals surface area contributed by atoms with Crippen molar-refractivity contribution in [1.82, 2.24) is 0 Å². The Kier molecular flexibility index (Phi) is 22.1. The van der Waals surface area contributed by atoms with Crippen molar-refractivity contribution in [2.45, 2.75) is 96.8 Å². The molecule has 0 aliphatic rings. The van der Waals surface area contributed by atoms with E-state index in [1.165, 1.54) is 70.6 Å². The van der Waals surface area contributed by atoms with E-state index < -0.39 is 5.97 Å².